The maximum absolute atomic E-state index is 13.0. The monoisotopic (exact) mass is 294 g/mol. The highest BCUT2D eigenvalue weighted by atomic mass is 19.1. The Morgan fingerprint density at radius 3 is 2.73 bits per heavy atom. The normalized spacial score (nSPS) is 11.1. The van der Waals surface area contributed by atoms with Crippen molar-refractivity contribution >= 4 is 11.0 Å². The summed E-state index contributed by atoms with van der Waals surface area (Å²) in [7, 11) is 0. The van der Waals surface area contributed by atoms with Gasteiger partial charge in [-0.1, -0.05) is 12.1 Å². The number of aromatic amines is 2. The average molecular weight is 294 g/mol. The number of nitrogens with zero attached hydrogens (tertiary/aromatic N) is 4. The molecule has 3 aromatic heterocycles. The molecule has 4 rings (SSSR count). The number of nitrogens with one attached hydrogen (secondary N) is 2. The van der Waals surface area contributed by atoms with Crippen molar-refractivity contribution in [3.05, 3.63) is 59.7 Å². The fourth-order valence-electron chi connectivity index (χ4n) is 2.47. The van der Waals surface area contributed by atoms with Crippen LogP contribution in [0.5, 0.6) is 0 Å². The van der Waals surface area contributed by atoms with E-state index in [2.05, 4.69) is 30.6 Å². The van der Waals surface area contributed by atoms with Crippen LogP contribution in [0.25, 0.3) is 22.4 Å². The quantitative estimate of drug-likeness (QED) is 0.608. The number of tetrazole rings is 1. The molecule has 0 atom stereocenters. The van der Waals surface area contributed by atoms with Crippen LogP contribution in [0.2, 0.25) is 0 Å². The summed E-state index contributed by atoms with van der Waals surface area (Å²) in [6.45, 7) is 0. The van der Waals surface area contributed by atoms with Crippen molar-refractivity contribution in [2.75, 3.05) is 0 Å². The van der Waals surface area contributed by atoms with Crippen LogP contribution in [0, 0.1) is 5.82 Å². The highest BCUT2D eigenvalue weighted by Crippen LogP contribution is 2.25. The van der Waals surface area contributed by atoms with E-state index in [9.17, 15) is 4.39 Å². The van der Waals surface area contributed by atoms with E-state index in [4.69, 9.17) is 0 Å². The molecule has 7 heteroatoms. The van der Waals surface area contributed by atoms with E-state index in [-0.39, 0.29) is 5.82 Å². The number of halogens is 1. The van der Waals surface area contributed by atoms with E-state index >= 15 is 0 Å². The summed E-state index contributed by atoms with van der Waals surface area (Å²) in [6, 6.07) is 10.3. The molecule has 4 aromatic rings. The average Bonchev–Trinajstić information content (AvgIpc) is 3.18. The number of benzene rings is 1. The van der Waals surface area contributed by atoms with Crippen molar-refractivity contribution in [1.82, 2.24) is 30.6 Å². The minimum Gasteiger partial charge on any atom is -0.356 e. The van der Waals surface area contributed by atoms with Crippen molar-refractivity contribution in [3.63, 3.8) is 0 Å². The molecule has 1 aromatic carbocycles. The highest BCUT2D eigenvalue weighted by molar-refractivity contribution is 5.90. The number of hydrogen-bond acceptors (Lipinski definition) is 4. The van der Waals surface area contributed by atoms with E-state index in [0.29, 0.717) is 12.2 Å². The second-order valence-electron chi connectivity index (χ2n) is 4.97. The third-order valence-electron chi connectivity index (χ3n) is 3.49. The first-order chi connectivity index (χ1) is 10.8. The van der Waals surface area contributed by atoms with Gasteiger partial charge in [0.1, 0.15) is 5.82 Å². The van der Waals surface area contributed by atoms with Crippen molar-refractivity contribution < 1.29 is 4.39 Å². The van der Waals surface area contributed by atoms with Gasteiger partial charge in [-0.2, -0.15) is 0 Å². The zero-order valence-corrected chi connectivity index (χ0v) is 11.4. The van der Waals surface area contributed by atoms with Crippen molar-refractivity contribution in [1.29, 1.82) is 0 Å². The van der Waals surface area contributed by atoms with Crippen LogP contribution < -0.4 is 0 Å². The molecule has 0 saturated heterocycles. The molecule has 0 saturated carbocycles. The third kappa shape index (κ3) is 2.22. The topological polar surface area (TPSA) is 83.1 Å². The molecule has 0 bridgehead atoms. The summed E-state index contributed by atoms with van der Waals surface area (Å²) in [5.74, 6) is 0.352. The Morgan fingerprint density at radius 1 is 1.09 bits per heavy atom. The van der Waals surface area contributed by atoms with Gasteiger partial charge in [0.2, 0.25) is 0 Å². The largest absolute Gasteiger partial charge is 0.356 e. The molecular weight excluding hydrogens is 283 g/mol. The van der Waals surface area contributed by atoms with Crippen LogP contribution in [-0.4, -0.2) is 30.6 Å². The first-order valence-electron chi connectivity index (χ1n) is 6.75. The number of H-pyrrole nitrogens is 2. The number of pyridine rings is 1. The number of fused-ring (bicyclic) bond motifs is 1. The summed E-state index contributed by atoms with van der Waals surface area (Å²) >= 11 is 0. The van der Waals surface area contributed by atoms with Crippen LogP contribution in [0.3, 0.4) is 0 Å². The Kier molecular flexibility index (Phi) is 2.89. The number of rotatable bonds is 3. The van der Waals surface area contributed by atoms with E-state index in [1.54, 1.807) is 18.3 Å². The van der Waals surface area contributed by atoms with Crippen molar-refractivity contribution in [3.8, 4) is 11.4 Å². The molecule has 0 aliphatic rings. The molecular formula is C15H11FN6. The molecule has 0 spiro atoms. The molecule has 2 N–H and O–H groups in total. The molecule has 0 aliphatic carbocycles. The standard InChI is InChI=1S/C15H11FN6/c16-10-3-1-9(2-4-10)7-11-8-13-14(18-11)12(5-6-17-13)15-19-21-22-20-15/h1-6,8,18H,7H2,(H,19,20,21,22). The van der Waals surface area contributed by atoms with E-state index < -0.39 is 0 Å². The lowest BCUT2D eigenvalue weighted by atomic mass is 10.1. The molecule has 0 aliphatic heterocycles. The Morgan fingerprint density at radius 2 is 1.95 bits per heavy atom. The SMILES string of the molecule is Fc1ccc(Cc2cc3nccc(-c4nnn[nH]4)c3[nH]2)cc1. The number of hydrogen-bond donors (Lipinski definition) is 2. The predicted octanol–water partition coefficient (Wildman–Crippen LogP) is 2.47. The van der Waals surface area contributed by atoms with Gasteiger partial charge in [0.05, 0.1) is 11.0 Å². The predicted molar refractivity (Wildman–Crippen MR) is 78.5 cm³/mol. The number of aromatic nitrogens is 6. The van der Waals surface area contributed by atoms with Gasteiger partial charge in [-0.15, -0.1) is 5.10 Å². The van der Waals surface area contributed by atoms with E-state index in [1.165, 1.54) is 12.1 Å². The lowest BCUT2D eigenvalue weighted by Gasteiger charge is -1.99. The van der Waals surface area contributed by atoms with Crippen LogP contribution in [0.15, 0.2) is 42.6 Å². The Bertz CT molecular complexity index is 911. The lowest BCUT2D eigenvalue weighted by molar-refractivity contribution is 0.627. The molecule has 0 amide bonds. The first kappa shape index (κ1) is 12.6. The molecule has 108 valence electrons. The van der Waals surface area contributed by atoms with Gasteiger partial charge in [0, 0.05) is 23.9 Å². The molecule has 6 nitrogen and oxygen atoms in total. The Labute approximate surface area is 124 Å². The van der Waals surface area contributed by atoms with Gasteiger partial charge in [-0.25, -0.2) is 9.49 Å². The molecule has 0 unspecified atom stereocenters. The highest BCUT2D eigenvalue weighted by Gasteiger charge is 2.11. The third-order valence-corrected chi connectivity index (χ3v) is 3.49. The summed E-state index contributed by atoms with van der Waals surface area (Å²) < 4.78 is 13.0. The molecule has 3 heterocycles. The summed E-state index contributed by atoms with van der Waals surface area (Å²) in [6.07, 6.45) is 2.39. The summed E-state index contributed by atoms with van der Waals surface area (Å²) in [4.78, 5) is 7.70. The minimum atomic E-state index is -0.234. The zero-order chi connectivity index (χ0) is 14.9. The smallest absolute Gasteiger partial charge is 0.181 e. The van der Waals surface area contributed by atoms with Crippen LogP contribution in [-0.2, 0) is 6.42 Å². The molecule has 0 radical (unpaired) electrons. The van der Waals surface area contributed by atoms with Gasteiger partial charge in [-0.3, -0.25) is 4.98 Å². The van der Waals surface area contributed by atoms with Gasteiger partial charge < -0.3 is 4.98 Å². The second kappa shape index (κ2) is 5.03. The fraction of sp³-hybridized carbons (Fsp3) is 0.0667. The van der Waals surface area contributed by atoms with Crippen LogP contribution in [0.1, 0.15) is 11.3 Å². The van der Waals surface area contributed by atoms with Crippen molar-refractivity contribution in [2.24, 2.45) is 0 Å². The fourth-order valence-corrected chi connectivity index (χ4v) is 2.47. The molecule has 0 fully saturated rings. The van der Waals surface area contributed by atoms with Gasteiger partial charge in [-0.05, 0) is 40.3 Å². The maximum atomic E-state index is 13.0. The summed E-state index contributed by atoms with van der Waals surface area (Å²) in [5.41, 5.74) is 4.59. The van der Waals surface area contributed by atoms with E-state index in [0.717, 1.165) is 27.9 Å². The summed E-state index contributed by atoms with van der Waals surface area (Å²) in [5, 5.41) is 13.9. The molecule has 22 heavy (non-hydrogen) atoms. The van der Waals surface area contributed by atoms with Crippen molar-refractivity contribution in [2.45, 2.75) is 6.42 Å². The van der Waals surface area contributed by atoms with Gasteiger partial charge >= 0.3 is 0 Å². The van der Waals surface area contributed by atoms with Crippen LogP contribution >= 0.6 is 0 Å². The maximum Gasteiger partial charge on any atom is 0.181 e. The lowest BCUT2D eigenvalue weighted by Crippen LogP contribution is -1.89. The second-order valence-corrected chi connectivity index (χ2v) is 4.97. The Balaban J connectivity index is 1.74. The Hall–Kier alpha value is -3.09. The first-order valence-corrected chi connectivity index (χ1v) is 6.75. The minimum absolute atomic E-state index is 0.234. The van der Waals surface area contributed by atoms with Gasteiger partial charge in [0.25, 0.3) is 0 Å². The van der Waals surface area contributed by atoms with Gasteiger partial charge in [0.15, 0.2) is 5.82 Å². The van der Waals surface area contributed by atoms with Crippen LogP contribution in [0.4, 0.5) is 4.39 Å². The van der Waals surface area contributed by atoms with E-state index in [1.807, 2.05) is 12.1 Å². The zero-order valence-electron chi connectivity index (χ0n) is 11.4.